The lowest BCUT2D eigenvalue weighted by Crippen LogP contribution is -2.46. The number of hydrogen-bond donors (Lipinski definition) is 0. The molecule has 0 N–H and O–H groups in total. The molecule has 0 fully saturated rings. The van der Waals surface area contributed by atoms with E-state index in [-0.39, 0.29) is 11.7 Å². The number of amides is 2. The van der Waals surface area contributed by atoms with Crippen molar-refractivity contribution in [1.82, 2.24) is 4.98 Å². The van der Waals surface area contributed by atoms with Gasteiger partial charge >= 0.3 is 5.97 Å². The Labute approximate surface area is 169 Å². The van der Waals surface area contributed by atoms with Crippen LogP contribution in [0.5, 0.6) is 0 Å². The van der Waals surface area contributed by atoms with Crippen LogP contribution in [0.2, 0.25) is 0 Å². The largest absolute Gasteiger partial charge is 0.467 e. The van der Waals surface area contributed by atoms with Gasteiger partial charge in [0, 0.05) is 18.0 Å². The van der Waals surface area contributed by atoms with Gasteiger partial charge in [-0.2, -0.15) is 0 Å². The van der Waals surface area contributed by atoms with Crippen molar-refractivity contribution in [2.24, 2.45) is 10.9 Å². The number of rotatable bonds is 6. The molecule has 0 saturated carbocycles. The lowest BCUT2D eigenvalue weighted by Gasteiger charge is -2.30. The summed E-state index contributed by atoms with van der Waals surface area (Å²) in [5, 5.41) is 0. The van der Waals surface area contributed by atoms with Gasteiger partial charge in [0.05, 0.1) is 13.0 Å². The van der Waals surface area contributed by atoms with Crippen molar-refractivity contribution < 1.29 is 19.1 Å². The number of ether oxygens (including phenoxy) is 1. The average molecular weight is 393 g/mol. The molecule has 3 rings (SSSR count). The summed E-state index contributed by atoms with van der Waals surface area (Å²) in [6, 6.07) is 11.2. The highest BCUT2D eigenvalue weighted by molar-refractivity contribution is 6.29. The van der Waals surface area contributed by atoms with Crippen LogP contribution in [-0.2, 0) is 14.3 Å². The number of pyridine rings is 1. The van der Waals surface area contributed by atoms with Crippen molar-refractivity contribution in [3.8, 4) is 0 Å². The van der Waals surface area contributed by atoms with Crippen LogP contribution < -0.4 is 4.90 Å². The molecule has 1 aliphatic rings. The Bertz CT molecular complexity index is 942. The van der Waals surface area contributed by atoms with E-state index in [0.29, 0.717) is 11.1 Å². The van der Waals surface area contributed by atoms with E-state index in [1.54, 1.807) is 42.5 Å². The maximum Gasteiger partial charge on any atom is 0.330 e. The van der Waals surface area contributed by atoms with Gasteiger partial charge < -0.3 is 4.74 Å². The monoisotopic (exact) mass is 393 g/mol. The first-order valence-corrected chi connectivity index (χ1v) is 9.49. The summed E-state index contributed by atoms with van der Waals surface area (Å²) in [4.78, 5) is 48.0. The zero-order valence-electron chi connectivity index (χ0n) is 16.6. The third-order valence-corrected chi connectivity index (χ3v) is 5.12. The van der Waals surface area contributed by atoms with E-state index in [2.05, 4.69) is 9.98 Å². The minimum absolute atomic E-state index is 0.0545. The molecule has 0 radical (unpaired) electrons. The second-order valence-corrected chi connectivity index (χ2v) is 6.88. The summed E-state index contributed by atoms with van der Waals surface area (Å²) >= 11 is 0. The predicted molar refractivity (Wildman–Crippen MR) is 109 cm³/mol. The number of carbonyl (C=O) groups excluding carboxylic acids is 3. The van der Waals surface area contributed by atoms with Gasteiger partial charge in [-0.3, -0.25) is 14.6 Å². The summed E-state index contributed by atoms with van der Waals surface area (Å²) in [5.41, 5.74) is 0.971. The minimum atomic E-state index is -0.804. The van der Waals surface area contributed by atoms with E-state index in [1.807, 2.05) is 13.8 Å². The number of anilines is 1. The number of hydrogen-bond acceptors (Lipinski definition) is 6. The zero-order chi connectivity index (χ0) is 21.0. The number of aliphatic imine (C=N–C) groups is 1. The molecule has 0 spiro atoms. The first-order valence-electron chi connectivity index (χ1n) is 9.49. The predicted octanol–water partition coefficient (Wildman–Crippen LogP) is 3.01. The number of fused-ring (bicyclic) bond motifs is 1. The Morgan fingerprint density at radius 2 is 1.97 bits per heavy atom. The fourth-order valence-corrected chi connectivity index (χ4v) is 3.27. The molecule has 0 saturated heterocycles. The SMILES string of the molecule is CC[C@H](C)[C@@H](N=CC1C(=O)N(c2ccccn2)C(=O)c2ccccc21)C(=O)OC. The lowest BCUT2D eigenvalue weighted by atomic mass is 9.89. The van der Waals surface area contributed by atoms with Crippen LogP contribution in [0.3, 0.4) is 0 Å². The van der Waals surface area contributed by atoms with Crippen molar-refractivity contribution in [2.75, 3.05) is 12.0 Å². The Hall–Kier alpha value is -3.35. The van der Waals surface area contributed by atoms with E-state index in [1.165, 1.54) is 19.5 Å². The molecular formula is C22H23N3O4. The number of benzene rings is 1. The molecule has 0 bridgehead atoms. The van der Waals surface area contributed by atoms with Gasteiger partial charge in [0.25, 0.3) is 5.91 Å². The maximum absolute atomic E-state index is 13.2. The molecule has 7 nitrogen and oxygen atoms in total. The molecule has 1 aliphatic heterocycles. The van der Waals surface area contributed by atoms with E-state index in [9.17, 15) is 14.4 Å². The topological polar surface area (TPSA) is 88.9 Å². The summed E-state index contributed by atoms with van der Waals surface area (Å²) < 4.78 is 4.87. The van der Waals surface area contributed by atoms with Crippen LogP contribution in [-0.4, -0.2) is 42.1 Å². The average Bonchev–Trinajstić information content (AvgIpc) is 2.76. The van der Waals surface area contributed by atoms with Gasteiger partial charge in [-0.1, -0.05) is 44.5 Å². The van der Waals surface area contributed by atoms with E-state index < -0.39 is 29.7 Å². The number of methoxy groups -OCH3 is 1. The third-order valence-electron chi connectivity index (χ3n) is 5.12. The minimum Gasteiger partial charge on any atom is -0.467 e. The standard InChI is InChI=1S/C22H23N3O4/c1-4-14(2)19(22(28)29-3)24-13-17-15-9-5-6-10-16(15)20(26)25(21(17)27)18-11-7-8-12-23-18/h5-14,17,19H,4H2,1-3H3/t14-,17?,19+/m0/s1. The molecule has 1 aromatic heterocycles. The van der Waals surface area contributed by atoms with E-state index in [4.69, 9.17) is 4.74 Å². The van der Waals surface area contributed by atoms with Crippen molar-refractivity contribution >= 4 is 29.8 Å². The maximum atomic E-state index is 13.2. The Morgan fingerprint density at radius 1 is 1.24 bits per heavy atom. The first kappa shape index (κ1) is 20.4. The molecule has 29 heavy (non-hydrogen) atoms. The van der Waals surface area contributed by atoms with Crippen molar-refractivity contribution in [3.05, 3.63) is 59.8 Å². The molecule has 0 aliphatic carbocycles. The van der Waals surface area contributed by atoms with Crippen LogP contribution in [0.4, 0.5) is 5.82 Å². The Morgan fingerprint density at radius 3 is 2.62 bits per heavy atom. The van der Waals surface area contributed by atoms with Crippen LogP contribution in [0.15, 0.2) is 53.7 Å². The van der Waals surface area contributed by atoms with E-state index >= 15 is 0 Å². The fraction of sp³-hybridized carbons (Fsp3) is 0.318. The molecule has 1 unspecified atom stereocenters. The number of imide groups is 1. The lowest BCUT2D eigenvalue weighted by molar-refractivity contribution is -0.143. The molecule has 150 valence electrons. The summed E-state index contributed by atoms with van der Waals surface area (Å²) in [6.45, 7) is 3.86. The van der Waals surface area contributed by atoms with Gasteiger partial charge in [0.15, 0.2) is 0 Å². The van der Waals surface area contributed by atoms with Crippen molar-refractivity contribution in [1.29, 1.82) is 0 Å². The number of carbonyl (C=O) groups is 3. The highest BCUT2D eigenvalue weighted by Gasteiger charge is 2.39. The zero-order valence-corrected chi connectivity index (χ0v) is 16.6. The summed E-state index contributed by atoms with van der Waals surface area (Å²) in [7, 11) is 1.32. The van der Waals surface area contributed by atoms with Gasteiger partial charge in [0.1, 0.15) is 11.9 Å². The highest BCUT2D eigenvalue weighted by Crippen LogP contribution is 2.31. The van der Waals surface area contributed by atoms with Gasteiger partial charge in [-0.05, 0) is 29.7 Å². The third kappa shape index (κ3) is 3.94. The van der Waals surface area contributed by atoms with Crippen molar-refractivity contribution in [3.63, 3.8) is 0 Å². The fourth-order valence-electron chi connectivity index (χ4n) is 3.27. The van der Waals surface area contributed by atoms with Gasteiger partial charge in [0.2, 0.25) is 5.91 Å². The van der Waals surface area contributed by atoms with Crippen LogP contribution in [0, 0.1) is 5.92 Å². The summed E-state index contributed by atoms with van der Waals surface area (Å²) in [6.07, 6.45) is 3.71. The quantitative estimate of drug-likeness (QED) is 0.428. The van der Waals surface area contributed by atoms with Crippen LogP contribution >= 0.6 is 0 Å². The second kappa shape index (κ2) is 8.77. The van der Waals surface area contributed by atoms with Gasteiger partial charge in [-0.15, -0.1) is 0 Å². The number of nitrogens with zero attached hydrogens (tertiary/aromatic N) is 3. The molecule has 3 atom stereocenters. The molecule has 7 heteroatoms. The molecule has 2 amide bonds. The molecule has 1 aromatic carbocycles. The molecular weight excluding hydrogens is 370 g/mol. The van der Waals surface area contributed by atoms with Gasteiger partial charge in [-0.25, -0.2) is 14.7 Å². The molecule has 2 aromatic rings. The number of aromatic nitrogens is 1. The van der Waals surface area contributed by atoms with Crippen LogP contribution in [0.1, 0.15) is 42.1 Å². The smallest absolute Gasteiger partial charge is 0.330 e. The van der Waals surface area contributed by atoms with Crippen molar-refractivity contribution in [2.45, 2.75) is 32.2 Å². The summed E-state index contributed by atoms with van der Waals surface area (Å²) in [5.74, 6) is -1.95. The molecule has 2 heterocycles. The highest BCUT2D eigenvalue weighted by atomic mass is 16.5. The normalized spacial score (nSPS) is 18.4. The Balaban J connectivity index is 2.04. The second-order valence-electron chi connectivity index (χ2n) is 6.88. The Kier molecular flexibility index (Phi) is 6.16. The first-order chi connectivity index (χ1) is 14.0. The van der Waals surface area contributed by atoms with Crippen LogP contribution in [0.25, 0.3) is 0 Å². The van der Waals surface area contributed by atoms with E-state index in [0.717, 1.165) is 11.3 Å². The number of esters is 1.